The Hall–Kier alpha value is -1.43. The highest BCUT2D eigenvalue weighted by Gasteiger charge is 2.51. The van der Waals surface area contributed by atoms with E-state index in [1.165, 1.54) is 11.3 Å². The van der Waals surface area contributed by atoms with E-state index < -0.39 is 0 Å². The van der Waals surface area contributed by atoms with Crippen molar-refractivity contribution in [2.45, 2.75) is 19.3 Å². The zero-order valence-electron chi connectivity index (χ0n) is 11.9. The molecule has 2 atom stereocenters. The van der Waals surface area contributed by atoms with Crippen molar-refractivity contribution in [2.75, 3.05) is 39.8 Å². The zero-order chi connectivity index (χ0) is 14.3. The Bertz CT molecular complexity index is 421. The van der Waals surface area contributed by atoms with Crippen molar-refractivity contribution in [1.82, 2.24) is 14.7 Å². The second-order valence-electron chi connectivity index (χ2n) is 6.08. The SMILES string of the molecule is CN1C(=O)[C@H]2CN(CC(=O)N3CCCCC3)C[C@H]2C1=O. The van der Waals surface area contributed by atoms with Crippen LogP contribution in [0.25, 0.3) is 0 Å². The first-order chi connectivity index (χ1) is 9.58. The van der Waals surface area contributed by atoms with Gasteiger partial charge in [-0.25, -0.2) is 0 Å². The van der Waals surface area contributed by atoms with Gasteiger partial charge in [0.05, 0.1) is 18.4 Å². The predicted octanol–water partition coefficient (Wildman–Crippen LogP) is -0.454. The summed E-state index contributed by atoms with van der Waals surface area (Å²) in [4.78, 5) is 41.1. The zero-order valence-corrected chi connectivity index (χ0v) is 11.9. The molecule has 3 amide bonds. The third kappa shape index (κ3) is 2.22. The summed E-state index contributed by atoms with van der Waals surface area (Å²) in [5.41, 5.74) is 0. The van der Waals surface area contributed by atoms with Gasteiger partial charge in [-0.05, 0) is 19.3 Å². The van der Waals surface area contributed by atoms with Gasteiger partial charge >= 0.3 is 0 Å². The minimum Gasteiger partial charge on any atom is -0.342 e. The number of imide groups is 1. The second kappa shape index (κ2) is 5.16. The van der Waals surface area contributed by atoms with Gasteiger partial charge < -0.3 is 4.90 Å². The number of likely N-dealkylation sites (tertiary alicyclic amines) is 3. The molecule has 0 spiro atoms. The summed E-state index contributed by atoms with van der Waals surface area (Å²) in [7, 11) is 1.55. The molecule has 0 bridgehead atoms. The van der Waals surface area contributed by atoms with E-state index in [9.17, 15) is 14.4 Å². The molecule has 3 fully saturated rings. The maximum atomic E-state index is 12.2. The van der Waals surface area contributed by atoms with E-state index in [0.29, 0.717) is 19.6 Å². The normalized spacial score (nSPS) is 31.1. The van der Waals surface area contributed by atoms with E-state index in [2.05, 4.69) is 0 Å². The molecule has 0 N–H and O–H groups in total. The topological polar surface area (TPSA) is 60.9 Å². The molecular formula is C14H21N3O3. The largest absolute Gasteiger partial charge is 0.342 e. The van der Waals surface area contributed by atoms with Crippen molar-refractivity contribution >= 4 is 17.7 Å². The van der Waals surface area contributed by atoms with Crippen molar-refractivity contribution in [3.8, 4) is 0 Å². The van der Waals surface area contributed by atoms with Crippen LogP contribution in [-0.4, -0.2) is 72.2 Å². The third-order valence-electron chi connectivity index (χ3n) is 4.76. The van der Waals surface area contributed by atoms with Crippen LogP contribution in [-0.2, 0) is 14.4 Å². The van der Waals surface area contributed by atoms with Crippen LogP contribution < -0.4 is 0 Å². The van der Waals surface area contributed by atoms with Gasteiger partial charge in [0.25, 0.3) is 0 Å². The summed E-state index contributed by atoms with van der Waals surface area (Å²) >= 11 is 0. The Labute approximate surface area is 118 Å². The number of fused-ring (bicyclic) bond motifs is 1. The molecule has 0 radical (unpaired) electrons. The predicted molar refractivity (Wildman–Crippen MR) is 71.6 cm³/mol. The number of rotatable bonds is 2. The van der Waals surface area contributed by atoms with Gasteiger partial charge in [0.15, 0.2) is 0 Å². The van der Waals surface area contributed by atoms with E-state index in [4.69, 9.17) is 0 Å². The van der Waals surface area contributed by atoms with Crippen LogP contribution in [0, 0.1) is 11.8 Å². The highest BCUT2D eigenvalue weighted by Crippen LogP contribution is 2.32. The van der Waals surface area contributed by atoms with Gasteiger partial charge in [0.2, 0.25) is 17.7 Å². The molecule has 3 heterocycles. The Morgan fingerprint density at radius 3 is 2.15 bits per heavy atom. The summed E-state index contributed by atoms with van der Waals surface area (Å²) in [5.74, 6) is -0.512. The highest BCUT2D eigenvalue weighted by molar-refractivity contribution is 6.05. The fraction of sp³-hybridized carbons (Fsp3) is 0.786. The summed E-state index contributed by atoms with van der Waals surface area (Å²) in [6.07, 6.45) is 3.37. The van der Waals surface area contributed by atoms with E-state index >= 15 is 0 Å². The molecule has 6 heteroatoms. The van der Waals surface area contributed by atoms with Gasteiger partial charge in [-0.15, -0.1) is 0 Å². The molecule has 110 valence electrons. The van der Waals surface area contributed by atoms with Crippen LogP contribution in [0.2, 0.25) is 0 Å². The third-order valence-corrected chi connectivity index (χ3v) is 4.76. The maximum Gasteiger partial charge on any atom is 0.236 e. The molecule has 6 nitrogen and oxygen atoms in total. The molecule has 3 aliphatic heterocycles. The van der Waals surface area contributed by atoms with Crippen LogP contribution in [0.1, 0.15) is 19.3 Å². The Balaban J connectivity index is 1.57. The van der Waals surface area contributed by atoms with E-state index in [1.54, 1.807) is 7.05 Å². The van der Waals surface area contributed by atoms with Crippen molar-refractivity contribution in [2.24, 2.45) is 11.8 Å². The number of hydrogen-bond acceptors (Lipinski definition) is 4. The quantitative estimate of drug-likeness (QED) is 0.642. The van der Waals surface area contributed by atoms with Crippen LogP contribution in [0.15, 0.2) is 0 Å². The minimum atomic E-state index is -0.235. The average Bonchev–Trinajstić information content (AvgIpc) is 2.96. The molecule has 3 rings (SSSR count). The number of hydrogen-bond donors (Lipinski definition) is 0. The summed E-state index contributed by atoms with van der Waals surface area (Å²) in [6.45, 7) is 3.12. The first-order valence-electron chi connectivity index (χ1n) is 7.39. The number of amides is 3. The fourth-order valence-corrected chi connectivity index (χ4v) is 3.56. The minimum absolute atomic E-state index is 0.0899. The molecule has 0 aliphatic carbocycles. The second-order valence-corrected chi connectivity index (χ2v) is 6.08. The van der Waals surface area contributed by atoms with Crippen LogP contribution >= 0.6 is 0 Å². The molecule has 0 unspecified atom stereocenters. The molecule has 3 aliphatic rings. The Morgan fingerprint density at radius 2 is 1.60 bits per heavy atom. The molecule has 0 aromatic heterocycles. The fourth-order valence-electron chi connectivity index (χ4n) is 3.56. The standard InChI is InChI=1S/C14H21N3O3/c1-15-13(19)10-7-16(8-11(10)14(15)20)9-12(18)17-5-3-2-4-6-17/h10-11H,2-9H2,1H3/t10-,11+. The number of piperidine rings is 1. The molecule has 0 aromatic rings. The van der Waals surface area contributed by atoms with E-state index in [-0.39, 0.29) is 29.6 Å². The number of carbonyl (C=O) groups is 3. The Kier molecular flexibility index (Phi) is 3.50. The number of nitrogens with zero attached hydrogens (tertiary/aromatic N) is 3. The number of carbonyl (C=O) groups excluding carboxylic acids is 3. The Morgan fingerprint density at radius 1 is 1.05 bits per heavy atom. The van der Waals surface area contributed by atoms with Crippen LogP contribution in [0.4, 0.5) is 0 Å². The smallest absolute Gasteiger partial charge is 0.236 e. The summed E-state index contributed by atoms with van der Waals surface area (Å²) in [6, 6.07) is 0. The van der Waals surface area contributed by atoms with Gasteiger partial charge in [0.1, 0.15) is 0 Å². The monoisotopic (exact) mass is 279 g/mol. The van der Waals surface area contributed by atoms with E-state index in [1.807, 2.05) is 9.80 Å². The maximum absolute atomic E-state index is 12.2. The van der Waals surface area contributed by atoms with Crippen LogP contribution in [0.3, 0.4) is 0 Å². The van der Waals surface area contributed by atoms with Crippen molar-refractivity contribution < 1.29 is 14.4 Å². The lowest BCUT2D eigenvalue weighted by atomic mass is 10.00. The molecular weight excluding hydrogens is 258 g/mol. The summed E-state index contributed by atoms with van der Waals surface area (Å²) in [5, 5.41) is 0. The van der Waals surface area contributed by atoms with Gasteiger partial charge in [0, 0.05) is 33.2 Å². The summed E-state index contributed by atoms with van der Waals surface area (Å²) < 4.78 is 0. The van der Waals surface area contributed by atoms with Crippen LogP contribution in [0.5, 0.6) is 0 Å². The van der Waals surface area contributed by atoms with Gasteiger partial charge in [-0.1, -0.05) is 0 Å². The first kappa shape index (κ1) is 13.5. The van der Waals surface area contributed by atoms with Gasteiger partial charge in [-0.2, -0.15) is 0 Å². The molecule has 0 saturated carbocycles. The van der Waals surface area contributed by atoms with Crippen molar-refractivity contribution in [3.63, 3.8) is 0 Å². The molecule has 0 aromatic carbocycles. The highest BCUT2D eigenvalue weighted by atomic mass is 16.2. The molecule has 20 heavy (non-hydrogen) atoms. The lowest BCUT2D eigenvalue weighted by molar-refractivity contribution is -0.140. The van der Waals surface area contributed by atoms with Crippen molar-refractivity contribution in [3.05, 3.63) is 0 Å². The van der Waals surface area contributed by atoms with Crippen molar-refractivity contribution in [1.29, 1.82) is 0 Å². The lowest BCUT2D eigenvalue weighted by Gasteiger charge is -2.28. The molecule has 3 saturated heterocycles. The first-order valence-corrected chi connectivity index (χ1v) is 7.39. The van der Waals surface area contributed by atoms with E-state index in [0.717, 1.165) is 25.9 Å². The van der Waals surface area contributed by atoms with Gasteiger partial charge in [-0.3, -0.25) is 24.2 Å². The average molecular weight is 279 g/mol. The lowest BCUT2D eigenvalue weighted by Crippen LogP contribution is -2.43.